The predicted molar refractivity (Wildman–Crippen MR) is 52.7 cm³/mol. The maximum atomic E-state index is 4.38. The molecule has 0 N–H and O–H groups in total. The van der Waals surface area contributed by atoms with Crippen molar-refractivity contribution in [2.24, 2.45) is 0 Å². The number of thioether (sulfide) groups is 1. The van der Waals surface area contributed by atoms with Crippen LogP contribution in [0, 0.1) is 13.8 Å². The molecule has 0 radical (unpaired) electrons. The van der Waals surface area contributed by atoms with Crippen LogP contribution in [-0.2, 0) is 6.42 Å². The number of nitrogens with zero attached hydrogens (tertiary/aromatic N) is 2. The Labute approximate surface area is 77.8 Å². The molecule has 0 atom stereocenters. The first kappa shape index (κ1) is 9.52. The highest BCUT2D eigenvalue weighted by atomic mass is 32.2. The Hall–Kier alpha value is -0.570. The average Bonchev–Trinajstić information content (AvgIpc) is 2.03. The number of hydrogen-bond acceptors (Lipinski definition) is 3. The van der Waals surface area contributed by atoms with Crippen molar-refractivity contribution in [2.45, 2.75) is 32.2 Å². The molecule has 0 spiro atoms. The first-order chi connectivity index (χ1) is 5.69. The summed E-state index contributed by atoms with van der Waals surface area (Å²) >= 11 is 1.70. The third-order valence-corrected chi connectivity index (χ3v) is 2.56. The topological polar surface area (TPSA) is 25.8 Å². The summed E-state index contributed by atoms with van der Waals surface area (Å²) in [6.45, 7) is 6.13. The van der Waals surface area contributed by atoms with Crippen LogP contribution in [0.15, 0.2) is 5.03 Å². The Balaban J connectivity index is 3.24. The lowest BCUT2D eigenvalue weighted by atomic mass is 10.2. The van der Waals surface area contributed by atoms with Gasteiger partial charge in [-0.1, -0.05) is 6.92 Å². The molecule has 12 heavy (non-hydrogen) atoms. The molecule has 0 aromatic carbocycles. The van der Waals surface area contributed by atoms with E-state index in [1.165, 1.54) is 5.56 Å². The lowest BCUT2D eigenvalue weighted by molar-refractivity contribution is 0.870. The molecule has 2 nitrogen and oxygen atoms in total. The Morgan fingerprint density at radius 3 is 2.42 bits per heavy atom. The molecule has 0 fully saturated rings. The van der Waals surface area contributed by atoms with Gasteiger partial charge in [-0.15, -0.1) is 11.8 Å². The van der Waals surface area contributed by atoms with E-state index in [9.17, 15) is 0 Å². The molecule has 0 saturated carbocycles. The van der Waals surface area contributed by atoms with Crippen LogP contribution in [0.4, 0.5) is 0 Å². The van der Waals surface area contributed by atoms with E-state index in [0.717, 1.165) is 23.0 Å². The summed E-state index contributed by atoms with van der Waals surface area (Å²) in [4.78, 5) is 8.70. The Morgan fingerprint density at radius 1 is 1.25 bits per heavy atom. The minimum absolute atomic E-state index is 0.869. The van der Waals surface area contributed by atoms with Crippen LogP contribution in [0.3, 0.4) is 0 Å². The van der Waals surface area contributed by atoms with Crippen molar-refractivity contribution in [1.82, 2.24) is 9.97 Å². The highest BCUT2D eigenvalue weighted by molar-refractivity contribution is 7.98. The molecule has 0 saturated heterocycles. The van der Waals surface area contributed by atoms with Gasteiger partial charge in [0.1, 0.15) is 10.9 Å². The van der Waals surface area contributed by atoms with Crippen molar-refractivity contribution < 1.29 is 0 Å². The van der Waals surface area contributed by atoms with Crippen LogP contribution in [0.1, 0.15) is 24.0 Å². The van der Waals surface area contributed by atoms with Gasteiger partial charge < -0.3 is 0 Å². The lowest BCUT2D eigenvalue weighted by Crippen LogP contribution is -2.00. The van der Waals surface area contributed by atoms with Gasteiger partial charge in [-0.05, 0) is 26.5 Å². The van der Waals surface area contributed by atoms with Gasteiger partial charge in [0, 0.05) is 11.3 Å². The molecule has 1 rings (SSSR count). The maximum absolute atomic E-state index is 4.38. The number of aryl methyl sites for hydroxylation is 2. The third kappa shape index (κ3) is 1.78. The van der Waals surface area contributed by atoms with Gasteiger partial charge in [0.15, 0.2) is 0 Å². The predicted octanol–water partition coefficient (Wildman–Crippen LogP) is 2.38. The summed E-state index contributed by atoms with van der Waals surface area (Å²) in [7, 11) is 0. The summed E-state index contributed by atoms with van der Waals surface area (Å²) in [5.41, 5.74) is 2.41. The normalized spacial score (nSPS) is 10.3. The number of aromatic nitrogens is 2. The molecular formula is C9H14N2S. The Kier molecular flexibility index (Phi) is 3.09. The minimum Gasteiger partial charge on any atom is -0.238 e. The molecule has 0 amide bonds. The highest BCUT2D eigenvalue weighted by Gasteiger charge is 2.06. The fourth-order valence-electron chi connectivity index (χ4n) is 1.28. The Morgan fingerprint density at radius 2 is 1.92 bits per heavy atom. The zero-order valence-electron chi connectivity index (χ0n) is 8.01. The smallest absolute Gasteiger partial charge is 0.126 e. The van der Waals surface area contributed by atoms with Crippen molar-refractivity contribution in [3.8, 4) is 0 Å². The third-order valence-electron chi connectivity index (χ3n) is 1.83. The number of rotatable bonds is 2. The lowest BCUT2D eigenvalue weighted by Gasteiger charge is -2.07. The molecule has 66 valence electrons. The standard InChI is InChI=1S/C9H14N2S/c1-5-8-6(2)10-7(3)11-9(8)12-4/h5H2,1-4H3. The molecule has 0 aliphatic heterocycles. The summed E-state index contributed by atoms with van der Waals surface area (Å²) in [5, 5.41) is 1.13. The van der Waals surface area contributed by atoms with Crippen molar-refractivity contribution in [2.75, 3.05) is 6.26 Å². The molecule has 0 bridgehead atoms. The van der Waals surface area contributed by atoms with E-state index in [-0.39, 0.29) is 0 Å². The first-order valence-corrected chi connectivity index (χ1v) is 5.29. The van der Waals surface area contributed by atoms with Gasteiger partial charge in [-0.25, -0.2) is 9.97 Å². The second-order valence-corrected chi connectivity index (χ2v) is 3.49. The maximum Gasteiger partial charge on any atom is 0.126 e. The second kappa shape index (κ2) is 3.90. The summed E-state index contributed by atoms with van der Waals surface area (Å²) in [6, 6.07) is 0. The van der Waals surface area contributed by atoms with E-state index in [1.807, 2.05) is 13.8 Å². The van der Waals surface area contributed by atoms with E-state index >= 15 is 0 Å². The van der Waals surface area contributed by atoms with Gasteiger partial charge in [0.2, 0.25) is 0 Å². The fraction of sp³-hybridized carbons (Fsp3) is 0.556. The molecule has 1 aromatic rings. The number of hydrogen-bond donors (Lipinski definition) is 0. The van der Waals surface area contributed by atoms with Gasteiger partial charge >= 0.3 is 0 Å². The zero-order valence-corrected chi connectivity index (χ0v) is 8.83. The average molecular weight is 182 g/mol. The quantitative estimate of drug-likeness (QED) is 0.519. The molecular weight excluding hydrogens is 168 g/mol. The SMILES string of the molecule is CCc1c(C)nc(C)nc1SC. The molecule has 0 aliphatic carbocycles. The molecule has 1 heterocycles. The highest BCUT2D eigenvalue weighted by Crippen LogP contribution is 2.20. The van der Waals surface area contributed by atoms with Crippen LogP contribution < -0.4 is 0 Å². The first-order valence-electron chi connectivity index (χ1n) is 4.07. The van der Waals surface area contributed by atoms with E-state index in [0.29, 0.717) is 0 Å². The van der Waals surface area contributed by atoms with Crippen molar-refractivity contribution >= 4 is 11.8 Å². The van der Waals surface area contributed by atoms with E-state index in [2.05, 4.69) is 23.1 Å². The van der Waals surface area contributed by atoms with Crippen molar-refractivity contribution in [1.29, 1.82) is 0 Å². The minimum atomic E-state index is 0.869. The van der Waals surface area contributed by atoms with Crippen LogP contribution in [0.2, 0.25) is 0 Å². The van der Waals surface area contributed by atoms with Gasteiger partial charge in [-0.3, -0.25) is 0 Å². The summed E-state index contributed by atoms with van der Waals surface area (Å²) in [6.07, 6.45) is 3.07. The zero-order chi connectivity index (χ0) is 9.14. The largest absolute Gasteiger partial charge is 0.238 e. The second-order valence-electron chi connectivity index (χ2n) is 2.70. The Bertz CT molecular complexity index is 284. The monoisotopic (exact) mass is 182 g/mol. The van der Waals surface area contributed by atoms with Gasteiger partial charge in [0.05, 0.1) is 0 Å². The van der Waals surface area contributed by atoms with E-state index < -0.39 is 0 Å². The summed E-state index contributed by atoms with van der Waals surface area (Å²) < 4.78 is 0. The van der Waals surface area contributed by atoms with Crippen molar-refractivity contribution in [3.05, 3.63) is 17.1 Å². The van der Waals surface area contributed by atoms with Crippen molar-refractivity contribution in [3.63, 3.8) is 0 Å². The molecule has 1 aromatic heterocycles. The van der Waals surface area contributed by atoms with Gasteiger partial charge in [-0.2, -0.15) is 0 Å². The van der Waals surface area contributed by atoms with Crippen LogP contribution in [-0.4, -0.2) is 16.2 Å². The van der Waals surface area contributed by atoms with Crippen LogP contribution in [0.5, 0.6) is 0 Å². The van der Waals surface area contributed by atoms with Crippen LogP contribution >= 0.6 is 11.8 Å². The van der Waals surface area contributed by atoms with Gasteiger partial charge in [0.25, 0.3) is 0 Å². The van der Waals surface area contributed by atoms with E-state index in [1.54, 1.807) is 11.8 Å². The molecule has 0 unspecified atom stereocenters. The summed E-state index contributed by atoms with van der Waals surface area (Å²) in [5.74, 6) is 0.869. The van der Waals surface area contributed by atoms with Crippen LogP contribution in [0.25, 0.3) is 0 Å². The van der Waals surface area contributed by atoms with E-state index in [4.69, 9.17) is 0 Å². The molecule has 0 aliphatic rings. The fourth-order valence-corrected chi connectivity index (χ4v) is 2.04. The molecule has 3 heteroatoms.